The fourth-order valence-corrected chi connectivity index (χ4v) is 1.65. The molecule has 0 heterocycles. The van der Waals surface area contributed by atoms with Gasteiger partial charge in [0, 0.05) is 13.1 Å². The third-order valence-electron chi connectivity index (χ3n) is 2.71. The van der Waals surface area contributed by atoms with Gasteiger partial charge < -0.3 is 25.8 Å². The van der Waals surface area contributed by atoms with Crippen LogP contribution in [-0.2, 0) is 16.1 Å². The van der Waals surface area contributed by atoms with Crippen LogP contribution in [0.1, 0.15) is 26.3 Å². The largest absolute Gasteiger partial charge is 0.445 e. The van der Waals surface area contributed by atoms with Crippen molar-refractivity contribution in [3.05, 3.63) is 35.9 Å². The first-order valence-corrected chi connectivity index (χ1v) is 7.44. The normalized spacial score (nSPS) is 12.2. The molecule has 4 N–H and O–H groups in total. The molecule has 1 atom stereocenters. The maximum absolute atomic E-state index is 11.7. The highest BCUT2D eigenvalue weighted by molar-refractivity contribution is 5.69. The molecule has 1 aromatic carbocycles. The van der Waals surface area contributed by atoms with Crippen molar-refractivity contribution in [1.82, 2.24) is 10.6 Å². The van der Waals surface area contributed by atoms with E-state index in [-0.39, 0.29) is 19.7 Å². The van der Waals surface area contributed by atoms with Crippen molar-refractivity contribution in [2.75, 3.05) is 13.1 Å². The lowest BCUT2D eigenvalue weighted by molar-refractivity contribution is 0.0521. The summed E-state index contributed by atoms with van der Waals surface area (Å²) in [6.45, 7) is 5.80. The molecule has 1 aromatic rings. The van der Waals surface area contributed by atoms with Crippen LogP contribution in [0.4, 0.5) is 9.59 Å². The monoisotopic (exact) mass is 323 g/mol. The lowest BCUT2D eigenvalue weighted by atomic mass is 10.2. The van der Waals surface area contributed by atoms with Gasteiger partial charge in [-0.3, -0.25) is 0 Å². The van der Waals surface area contributed by atoms with Crippen LogP contribution in [0.2, 0.25) is 0 Å². The number of rotatable bonds is 6. The smallest absolute Gasteiger partial charge is 0.407 e. The van der Waals surface area contributed by atoms with E-state index in [9.17, 15) is 9.59 Å². The molecule has 0 aliphatic rings. The standard InChI is InChI=1S/C16H25N3O4/c1-16(2,3)23-14(20)18-10-13(9-17)19-15(21)22-11-12-7-5-4-6-8-12/h4-8,13H,9-11,17H2,1-3H3,(H,18,20)(H,19,21)/t13-/m1/s1. The molecule has 1 rings (SSSR count). The van der Waals surface area contributed by atoms with Crippen LogP contribution in [-0.4, -0.2) is 36.9 Å². The van der Waals surface area contributed by atoms with Gasteiger partial charge in [0.15, 0.2) is 0 Å². The topological polar surface area (TPSA) is 103 Å². The fraction of sp³-hybridized carbons (Fsp3) is 0.500. The molecule has 0 aliphatic heterocycles. The molecule has 128 valence electrons. The molecule has 0 aromatic heterocycles. The number of hydrogen-bond acceptors (Lipinski definition) is 5. The van der Waals surface area contributed by atoms with Crippen LogP contribution in [0.15, 0.2) is 30.3 Å². The Labute approximate surface area is 136 Å². The van der Waals surface area contributed by atoms with E-state index in [4.69, 9.17) is 15.2 Å². The van der Waals surface area contributed by atoms with Crippen molar-refractivity contribution in [3.63, 3.8) is 0 Å². The van der Waals surface area contributed by atoms with Crippen molar-refractivity contribution in [1.29, 1.82) is 0 Å². The Bertz CT molecular complexity index is 500. The maximum Gasteiger partial charge on any atom is 0.407 e. The van der Waals surface area contributed by atoms with Crippen molar-refractivity contribution >= 4 is 12.2 Å². The van der Waals surface area contributed by atoms with Crippen LogP contribution in [0.25, 0.3) is 0 Å². The molecule has 7 nitrogen and oxygen atoms in total. The third kappa shape index (κ3) is 8.67. The molecule has 0 aliphatic carbocycles. The molecular formula is C16H25N3O4. The number of benzene rings is 1. The summed E-state index contributed by atoms with van der Waals surface area (Å²) in [5.41, 5.74) is 5.89. The predicted octanol–water partition coefficient (Wildman–Crippen LogP) is 1.76. The zero-order valence-electron chi connectivity index (χ0n) is 13.8. The first-order chi connectivity index (χ1) is 10.8. The molecule has 0 unspecified atom stereocenters. The maximum atomic E-state index is 11.7. The van der Waals surface area contributed by atoms with Gasteiger partial charge >= 0.3 is 12.2 Å². The molecule has 0 radical (unpaired) electrons. The molecule has 0 fully saturated rings. The average Bonchev–Trinajstić information content (AvgIpc) is 2.48. The van der Waals surface area contributed by atoms with Crippen molar-refractivity contribution in [3.8, 4) is 0 Å². The van der Waals surface area contributed by atoms with Crippen molar-refractivity contribution in [2.45, 2.75) is 39.0 Å². The summed E-state index contributed by atoms with van der Waals surface area (Å²) >= 11 is 0. The second-order valence-corrected chi connectivity index (χ2v) is 6.02. The van der Waals surface area contributed by atoms with E-state index in [0.29, 0.717) is 0 Å². The minimum absolute atomic E-state index is 0.159. The van der Waals surface area contributed by atoms with E-state index < -0.39 is 23.8 Å². The van der Waals surface area contributed by atoms with E-state index >= 15 is 0 Å². The number of ether oxygens (including phenoxy) is 2. The first kappa shape index (κ1) is 18.8. The second kappa shape index (κ2) is 8.99. The van der Waals surface area contributed by atoms with Gasteiger partial charge in [0.25, 0.3) is 0 Å². The Kier molecular flexibility index (Phi) is 7.34. The molecule has 0 bridgehead atoms. The number of carbonyl (C=O) groups is 2. The minimum Gasteiger partial charge on any atom is -0.445 e. The van der Waals surface area contributed by atoms with Crippen molar-refractivity contribution in [2.24, 2.45) is 5.73 Å². The van der Waals surface area contributed by atoms with E-state index in [1.54, 1.807) is 20.8 Å². The number of carbonyl (C=O) groups excluding carboxylic acids is 2. The molecule has 0 saturated carbocycles. The van der Waals surface area contributed by atoms with E-state index in [2.05, 4.69) is 10.6 Å². The third-order valence-corrected chi connectivity index (χ3v) is 2.71. The Hall–Kier alpha value is -2.28. The molecule has 7 heteroatoms. The summed E-state index contributed by atoms with van der Waals surface area (Å²) < 4.78 is 10.2. The SMILES string of the molecule is CC(C)(C)OC(=O)NC[C@@H](CN)NC(=O)OCc1ccccc1. The summed E-state index contributed by atoms with van der Waals surface area (Å²) in [5.74, 6) is 0. The van der Waals surface area contributed by atoms with E-state index in [1.165, 1.54) is 0 Å². The zero-order valence-corrected chi connectivity index (χ0v) is 13.8. The average molecular weight is 323 g/mol. The van der Waals surface area contributed by atoms with Crippen molar-refractivity contribution < 1.29 is 19.1 Å². The van der Waals surface area contributed by atoms with Crippen LogP contribution < -0.4 is 16.4 Å². The van der Waals surface area contributed by atoms with Gasteiger partial charge in [-0.15, -0.1) is 0 Å². The van der Waals surface area contributed by atoms with E-state index in [0.717, 1.165) is 5.56 Å². The lowest BCUT2D eigenvalue weighted by Crippen LogP contribution is -2.48. The van der Waals surface area contributed by atoms with Gasteiger partial charge in [0.2, 0.25) is 0 Å². The highest BCUT2D eigenvalue weighted by Gasteiger charge is 2.18. The lowest BCUT2D eigenvalue weighted by Gasteiger charge is -2.22. The number of hydrogen-bond donors (Lipinski definition) is 3. The highest BCUT2D eigenvalue weighted by atomic mass is 16.6. The molecule has 0 spiro atoms. The van der Waals surface area contributed by atoms with Gasteiger partial charge in [-0.25, -0.2) is 9.59 Å². The van der Waals surface area contributed by atoms with Gasteiger partial charge in [-0.05, 0) is 26.3 Å². The summed E-state index contributed by atoms with van der Waals surface area (Å²) in [6.07, 6.45) is -1.15. The highest BCUT2D eigenvalue weighted by Crippen LogP contribution is 2.06. The molecule has 23 heavy (non-hydrogen) atoms. The first-order valence-electron chi connectivity index (χ1n) is 7.44. The Morgan fingerprint density at radius 3 is 2.39 bits per heavy atom. The fourth-order valence-electron chi connectivity index (χ4n) is 1.65. The quantitative estimate of drug-likeness (QED) is 0.740. The summed E-state index contributed by atoms with van der Waals surface area (Å²) in [6, 6.07) is 8.89. The molecule has 0 saturated heterocycles. The number of amides is 2. The second-order valence-electron chi connectivity index (χ2n) is 6.02. The van der Waals surface area contributed by atoms with Crippen LogP contribution >= 0.6 is 0 Å². The number of nitrogens with two attached hydrogens (primary N) is 1. The predicted molar refractivity (Wildman–Crippen MR) is 86.8 cm³/mol. The van der Waals surface area contributed by atoms with Crippen LogP contribution in [0, 0.1) is 0 Å². The van der Waals surface area contributed by atoms with Crippen LogP contribution in [0.5, 0.6) is 0 Å². The molecule has 2 amide bonds. The van der Waals surface area contributed by atoms with E-state index in [1.807, 2.05) is 30.3 Å². The summed E-state index contributed by atoms with van der Waals surface area (Å²) in [4.78, 5) is 23.3. The Morgan fingerprint density at radius 1 is 1.17 bits per heavy atom. The minimum atomic E-state index is -0.588. The number of nitrogens with one attached hydrogen (secondary N) is 2. The van der Waals surface area contributed by atoms with Gasteiger partial charge in [-0.1, -0.05) is 30.3 Å². The summed E-state index contributed by atoms with van der Waals surface area (Å²) in [5, 5.41) is 5.16. The molecular weight excluding hydrogens is 298 g/mol. The Balaban J connectivity index is 2.32. The Morgan fingerprint density at radius 2 is 1.83 bits per heavy atom. The summed E-state index contributed by atoms with van der Waals surface area (Å²) in [7, 11) is 0. The van der Waals surface area contributed by atoms with Crippen LogP contribution in [0.3, 0.4) is 0 Å². The van der Waals surface area contributed by atoms with Gasteiger partial charge in [0.05, 0.1) is 6.04 Å². The van der Waals surface area contributed by atoms with Gasteiger partial charge in [-0.2, -0.15) is 0 Å². The van der Waals surface area contributed by atoms with Gasteiger partial charge in [0.1, 0.15) is 12.2 Å². The zero-order chi connectivity index (χ0) is 17.3. The number of alkyl carbamates (subject to hydrolysis) is 2.